The van der Waals surface area contributed by atoms with Gasteiger partial charge in [0, 0.05) is 25.5 Å². The quantitative estimate of drug-likeness (QED) is 0.583. The van der Waals surface area contributed by atoms with Crippen LogP contribution in [0.25, 0.3) is 0 Å². The third-order valence-corrected chi connectivity index (χ3v) is 5.28. The SMILES string of the molecule is CO[C@@](C(=O)O[C@@H](C)C/C=C1\C(C)=CC(=O)CC1(C)C)(c1ccccc1)C(F)(F)F. The molecule has 7 heteroatoms. The van der Waals surface area contributed by atoms with Gasteiger partial charge in [-0.2, -0.15) is 13.2 Å². The monoisotopic (exact) mass is 424 g/mol. The van der Waals surface area contributed by atoms with Crippen molar-refractivity contribution in [3.05, 3.63) is 59.2 Å². The van der Waals surface area contributed by atoms with Gasteiger partial charge in [0.2, 0.25) is 0 Å². The first kappa shape index (κ1) is 23.9. The molecule has 0 N–H and O–H groups in total. The number of hydrogen-bond donors (Lipinski definition) is 0. The molecule has 1 aliphatic carbocycles. The number of allylic oxidation sites excluding steroid dienone is 3. The summed E-state index contributed by atoms with van der Waals surface area (Å²) in [6, 6.07) is 6.71. The zero-order valence-corrected chi connectivity index (χ0v) is 17.8. The van der Waals surface area contributed by atoms with Gasteiger partial charge < -0.3 is 9.47 Å². The molecule has 0 heterocycles. The van der Waals surface area contributed by atoms with Crippen molar-refractivity contribution in [3.8, 4) is 0 Å². The second-order valence-corrected chi connectivity index (χ2v) is 8.17. The molecule has 164 valence electrons. The first-order valence-corrected chi connectivity index (χ1v) is 9.66. The number of esters is 1. The van der Waals surface area contributed by atoms with Crippen LogP contribution in [0.5, 0.6) is 0 Å². The highest BCUT2D eigenvalue weighted by molar-refractivity contribution is 5.93. The van der Waals surface area contributed by atoms with Crippen LogP contribution in [-0.2, 0) is 24.7 Å². The first-order chi connectivity index (χ1) is 13.8. The molecule has 0 saturated heterocycles. The van der Waals surface area contributed by atoms with Crippen LogP contribution in [0.15, 0.2) is 53.6 Å². The number of methoxy groups -OCH3 is 1. The highest BCUT2D eigenvalue weighted by Crippen LogP contribution is 2.43. The highest BCUT2D eigenvalue weighted by atomic mass is 19.4. The summed E-state index contributed by atoms with van der Waals surface area (Å²) in [7, 11) is 0.837. The standard InChI is InChI=1S/C23H27F3O4/c1-15-13-18(27)14-21(3,4)19(15)12-11-16(2)30-20(28)22(29-5,23(24,25)26)17-9-7-6-8-10-17/h6-10,12-13,16H,11,14H2,1-5H3/b19-12+/t16-,22+/m0/s1. The number of benzene rings is 1. The summed E-state index contributed by atoms with van der Waals surface area (Å²) in [5, 5.41) is 0. The van der Waals surface area contributed by atoms with E-state index in [0.29, 0.717) is 6.42 Å². The second kappa shape index (κ2) is 8.76. The molecular formula is C23H27F3O4. The van der Waals surface area contributed by atoms with Crippen molar-refractivity contribution in [2.75, 3.05) is 7.11 Å². The topological polar surface area (TPSA) is 52.6 Å². The summed E-state index contributed by atoms with van der Waals surface area (Å²) < 4.78 is 51.8. The molecule has 1 aromatic carbocycles. The Morgan fingerprint density at radius 3 is 2.33 bits per heavy atom. The average Bonchev–Trinajstić information content (AvgIpc) is 2.60. The van der Waals surface area contributed by atoms with Gasteiger partial charge in [-0.15, -0.1) is 0 Å². The molecule has 0 amide bonds. The number of hydrogen-bond acceptors (Lipinski definition) is 4. The van der Waals surface area contributed by atoms with E-state index in [1.54, 1.807) is 12.1 Å². The van der Waals surface area contributed by atoms with Crippen LogP contribution in [-0.4, -0.2) is 31.1 Å². The maximum absolute atomic E-state index is 14.0. The third-order valence-electron chi connectivity index (χ3n) is 5.28. The molecule has 0 saturated carbocycles. The molecule has 0 aromatic heterocycles. The van der Waals surface area contributed by atoms with Crippen molar-refractivity contribution < 1.29 is 32.2 Å². The van der Waals surface area contributed by atoms with E-state index in [2.05, 4.69) is 0 Å². The fourth-order valence-corrected chi connectivity index (χ4v) is 3.86. The predicted octanol–water partition coefficient (Wildman–Crippen LogP) is 5.28. The molecule has 0 fully saturated rings. The minimum absolute atomic E-state index is 0.0343. The van der Waals surface area contributed by atoms with Crippen LogP contribution in [0.1, 0.15) is 46.1 Å². The Balaban J connectivity index is 2.26. The fourth-order valence-electron chi connectivity index (χ4n) is 3.86. The average molecular weight is 424 g/mol. The summed E-state index contributed by atoms with van der Waals surface area (Å²) in [6.45, 7) is 7.20. The van der Waals surface area contributed by atoms with Crippen molar-refractivity contribution in [2.45, 2.75) is 58.4 Å². The number of alkyl halides is 3. The van der Waals surface area contributed by atoms with Crippen LogP contribution in [0.4, 0.5) is 13.2 Å². The maximum Gasteiger partial charge on any atom is 0.432 e. The van der Waals surface area contributed by atoms with Gasteiger partial charge in [-0.1, -0.05) is 50.3 Å². The van der Waals surface area contributed by atoms with Crippen LogP contribution in [0.2, 0.25) is 0 Å². The Kier molecular flexibility index (Phi) is 6.97. The molecule has 2 rings (SSSR count). The lowest BCUT2D eigenvalue weighted by Gasteiger charge is -2.34. The first-order valence-electron chi connectivity index (χ1n) is 9.66. The lowest BCUT2D eigenvalue weighted by molar-refractivity contribution is -0.277. The van der Waals surface area contributed by atoms with Gasteiger partial charge in [-0.25, -0.2) is 4.79 Å². The number of carbonyl (C=O) groups excluding carboxylic acids is 2. The van der Waals surface area contributed by atoms with E-state index in [4.69, 9.17) is 9.47 Å². The summed E-state index contributed by atoms with van der Waals surface area (Å²) in [4.78, 5) is 24.5. The number of halogens is 3. The van der Waals surface area contributed by atoms with Crippen molar-refractivity contribution in [3.63, 3.8) is 0 Å². The highest BCUT2D eigenvalue weighted by Gasteiger charge is 2.64. The summed E-state index contributed by atoms with van der Waals surface area (Å²) in [5.41, 5.74) is -2.22. The molecule has 0 spiro atoms. The lowest BCUT2D eigenvalue weighted by atomic mass is 9.72. The minimum Gasteiger partial charge on any atom is -0.460 e. The zero-order valence-electron chi connectivity index (χ0n) is 17.8. The van der Waals surface area contributed by atoms with Crippen molar-refractivity contribution in [2.24, 2.45) is 5.41 Å². The maximum atomic E-state index is 14.0. The van der Waals surface area contributed by atoms with Gasteiger partial charge in [0.15, 0.2) is 5.78 Å². The number of rotatable bonds is 6. The largest absolute Gasteiger partial charge is 0.460 e. The van der Waals surface area contributed by atoms with E-state index >= 15 is 0 Å². The van der Waals surface area contributed by atoms with Crippen LogP contribution >= 0.6 is 0 Å². The zero-order chi connectivity index (χ0) is 22.7. The number of ketones is 1. The van der Waals surface area contributed by atoms with Gasteiger partial charge in [-0.05, 0) is 36.5 Å². The van der Waals surface area contributed by atoms with E-state index < -0.39 is 29.3 Å². The minimum atomic E-state index is -5.01. The van der Waals surface area contributed by atoms with Gasteiger partial charge in [0.25, 0.3) is 5.60 Å². The summed E-state index contributed by atoms with van der Waals surface area (Å²) in [6.07, 6.45) is -1.91. The van der Waals surface area contributed by atoms with Crippen LogP contribution in [0.3, 0.4) is 0 Å². The predicted molar refractivity (Wildman–Crippen MR) is 107 cm³/mol. The van der Waals surface area contributed by atoms with E-state index in [-0.39, 0.29) is 17.8 Å². The molecule has 2 atom stereocenters. The van der Waals surface area contributed by atoms with E-state index in [9.17, 15) is 22.8 Å². The van der Waals surface area contributed by atoms with Crippen molar-refractivity contribution in [1.82, 2.24) is 0 Å². The van der Waals surface area contributed by atoms with Crippen molar-refractivity contribution in [1.29, 1.82) is 0 Å². The van der Waals surface area contributed by atoms with E-state index in [1.807, 2.05) is 26.8 Å². The molecule has 0 aliphatic heterocycles. The Labute approximate surface area is 174 Å². The van der Waals surface area contributed by atoms with Gasteiger partial charge in [0.05, 0.1) is 0 Å². The number of carbonyl (C=O) groups is 2. The van der Waals surface area contributed by atoms with Gasteiger partial charge >= 0.3 is 12.1 Å². The summed E-state index contributed by atoms with van der Waals surface area (Å²) >= 11 is 0. The molecule has 0 radical (unpaired) electrons. The summed E-state index contributed by atoms with van der Waals surface area (Å²) in [5.74, 6) is -1.48. The molecule has 4 nitrogen and oxygen atoms in total. The Morgan fingerprint density at radius 1 is 1.23 bits per heavy atom. The van der Waals surface area contributed by atoms with Crippen LogP contribution < -0.4 is 0 Å². The second-order valence-electron chi connectivity index (χ2n) is 8.17. The van der Waals surface area contributed by atoms with Gasteiger partial charge in [0.1, 0.15) is 6.10 Å². The molecule has 0 unspecified atom stereocenters. The van der Waals surface area contributed by atoms with E-state index in [1.165, 1.54) is 31.2 Å². The Bertz CT molecular complexity index is 853. The fraction of sp³-hybridized carbons (Fsp3) is 0.478. The Morgan fingerprint density at radius 2 is 1.83 bits per heavy atom. The van der Waals surface area contributed by atoms with Gasteiger partial charge in [-0.3, -0.25) is 4.79 Å². The third kappa shape index (κ3) is 4.67. The molecule has 1 aliphatic rings. The van der Waals surface area contributed by atoms with Crippen LogP contribution in [0, 0.1) is 5.41 Å². The smallest absolute Gasteiger partial charge is 0.432 e. The molecular weight excluding hydrogens is 397 g/mol. The molecule has 30 heavy (non-hydrogen) atoms. The molecule has 1 aromatic rings. The lowest BCUT2D eigenvalue weighted by Crippen LogP contribution is -2.52. The van der Waals surface area contributed by atoms with Crippen molar-refractivity contribution >= 4 is 11.8 Å². The molecule has 0 bridgehead atoms. The normalized spacial score (nSPS) is 21.0. The van der Waals surface area contributed by atoms with E-state index in [0.717, 1.165) is 18.3 Å². The number of ether oxygens (including phenoxy) is 2. The Hall–Kier alpha value is -2.41.